The fraction of sp³-hybridized carbons (Fsp3) is 0.263. The number of benzene rings is 2. The molecule has 0 heterocycles. The summed E-state index contributed by atoms with van der Waals surface area (Å²) in [7, 11) is 1.94. The minimum Gasteiger partial charge on any atom is -0.351 e. The molecule has 0 saturated carbocycles. The fourth-order valence-corrected chi connectivity index (χ4v) is 2.95. The molecule has 2 atom stereocenters. The summed E-state index contributed by atoms with van der Waals surface area (Å²) in [5.41, 5.74) is 9.54. The highest BCUT2D eigenvalue weighted by molar-refractivity contribution is 5.96. The van der Waals surface area contributed by atoms with E-state index in [1.807, 2.05) is 37.4 Å². The van der Waals surface area contributed by atoms with Gasteiger partial charge in [-0.1, -0.05) is 54.1 Å². The van der Waals surface area contributed by atoms with Crippen LogP contribution in [-0.4, -0.2) is 19.0 Å². The van der Waals surface area contributed by atoms with Crippen LogP contribution < -0.4 is 16.0 Å². The molecule has 126 valence electrons. The summed E-state index contributed by atoms with van der Waals surface area (Å²) >= 11 is 0. The van der Waals surface area contributed by atoms with E-state index in [0.29, 0.717) is 6.54 Å². The SMILES string of the molecule is Cc1ccc(C[NH+](C)[C@H](C(=O)NC(N)=O)c2ccccc2)c(C)c1. The molecule has 0 saturated heterocycles. The monoisotopic (exact) mass is 326 g/mol. The second-order valence-corrected chi connectivity index (χ2v) is 6.15. The number of hydrogen-bond donors (Lipinski definition) is 3. The van der Waals surface area contributed by atoms with Crippen LogP contribution in [0.4, 0.5) is 4.79 Å². The molecule has 2 rings (SSSR count). The first-order chi connectivity index (χ1) is 11.4. The molecular weight excluding hydrogens is 302 g/mol. The number of hydrogen-bond acceptors (Lipinski definition) is 2. The topological polar surface area (TPSA) is 76.6 Å². The Morgan fingerprint density at radius 1 is 1.12 bits per heavy atom. The van der Waals surface area contributed by atoms with Gasteiger partial charge in [-0.2, -0.15) is 0 Å². The largest absolute Gasteiger partial charge is 0.351 e. The lowest BCUT2D eigenvalue weighted by Gasteiger charge is -2.25. The summed E-state index contributed by atoms with van der Waals surface area (Å²) in [5.74, 6) is -0.393. The first-order valence-corrected chi connectivity index (χ1v) is 7.92. The molecule has 1 unspecified atom stereocenters. The van der Waals surface area contributed by atoms with Crippen LogP contribution in [0.2, 0.25) is 0 Å². The number of carbonyl (C=O) groups excluding carboxylic acids is 2. The van der Waals surface area contributed by atoms with Crippen LogP contribution in [0, 0.1) is 13.8 Å². The summed E-state index contributed by atoms with van der Waals surface area (Å²) < 4.78 is 0. The van der Waals surface area contributed by atoms with Gasteiger partial charge in [0.2, 0.25) is 0 Å². The Balaban J connectivity index is 2.28. The number of amides is 3. The molecule has 0 fully saturated rings. The highest BCUT2D eigenvalue weighted by atomic mass is 16.2. The van der Waals surface area contributed by atoms with Crippen molar-refractivity contribution < 1.29 is 14.5 Å². The Bertz CT molecular complexity index is 729. The van der Waals surface area contributed by atoms with Gasteiger partial charge in [-0.25, -0.2) is 4.79 Å². The number of imide groups is 1. The zero-order valence-corrected chi connectivity index (χ0v) is 14.3. The first-order valence-electron chi connectivity index (χ1n) is 7.92. The van der Waals surface area contributed by atoms with E-state index in [1.165, 1.54) is 16.7 Å². The Kier molecular flexibility index (Phi) is 5.71. The maximum absolute atomic E-state index is 12.5. The zero-order valence-electron chi connectivity index (χ0n) is 14.3. The molecule has 4 N–H and O–H groups in total. The molecule has 0 aromatic heterocycles. The third-order valence-electron chi connectivity index (χ3n) is 4.10. The number of rotatable bonds is 5. The average Bonchev–Trinajstić information content (AvgIpc) is 2.50. The van der Waals surface area contributed by atoms with Gasteiger partial charge >= 0.3 is 6.03 Å². The number of aryl methyl sites for hydroxylation is 2. The number of likely N-dealkylation sites (N-methyl/N-ethyl adjacent to an activating group) is 1. The summed E-state index contributed by atoms with van der Waals surface area (Å²) in [4.78, 5) is 24.6. The quantitative estimate of drug-likeness (QED) is 0.773. The van der Waals surface area contributed by atoms with Gasteiger partial charge in [0, 0.05) is 11.1 Å². The highest BCUT2D eigenvalue weighted by Crippen LogP contribution is 2.12. The molecule has 2 aromatic carbocycles. The second kappa shape index (κ2) is 7.75. The van der Waals surface area contributed by atoms with E-state index in [-0.39, 0.29) is 0 Å². The molecule has 2 aromatic rings. The van der Waals surface area contributed by atoms with Crippen molar-refractivity contribution in [3.63, 3.8) is 0 Å². The maximum atomic E-state index is 12.5. The van der Waals surface area contributed by atoms with E-state index in [9.17, 15) is 9.59 Å². The van der Waals surface area contributed by atoms with Crippen molar-refractivity contribution in [1.29, 1.82) is 0 Å². The van der Waals surface area contributed by atoms with Gasteiger partial charge in [-0.15, -0.1) is 0 Å². The molecule has 5 nitrogen and oxygen atoms in total. The smallest absolute Gasteiger partial charge is 0.319 e. The van der Waals surface area contributed by atoms with Gasteiger partial charge in [0.25, 0.3) is 5.91 Å². The minimum absolute atomic E-state index is 0.393. The molecule has 3 amide bonds. The van der Waals surface area contributed by atoms with E-state index in [4.69, 9.17) is 5.73 Å². The van der Waals surface area contributed by atoms with Crippen LogP contribution in [0.15, 0.2) is 48.5 Å². The van der Waals surface area contributed by atoms with Gasteiger partial charge in [-0.3, -0.25) is 10.1 Å². The van der Waals surface area contributed by atoms with E-state index < -0.39 is 18.0 Å². The second-order valence-electron chi connectivity index (χ2n) is 6.15. The van der Waals surface area contributed by atoms with Crippen molar-refractivity contribution in [2.75, 3.05) is 7.05 Å². The molecule has 5 heteroatoms. The van der Waals surface area contributed by atoms with Gasteiger partial charge in [-0.05, 0) is 19.4 Å². The lowest BCUT2D eigenvalue weighted by molar-refractivity contribution is -0.916. The Labute approximate surface area is 142 Å². The lowest BCUT2D eigenvalue weighted by atomic mass is 10.0. The van der Waals surface area contributed by atoms with Gasteiger partial charge < -0.3 is 10.6 Å². The van der Waals surface area contributed by atoms with Crippen molar-refractivity contribution in [2.45, 2.75) is 26.4 Å². The standard InChI is InChI=1S/C19H23N3O2/c1-13-9-10-16(14(2)11-13)12-22(3)17(18(23)21-19(20)24)15-7-5-4-6-8-15/h4-11,17H,12H2,1-3H3,(H3,20,21,23,24)/p+1/t17-/m0/s1. The van der Waals surface area contributed by atoms with Crippen LogP contribution >= 0.6 is 0 Å². The van der Waals surface area contributed by atoms with Crippen molar-refractivity contribution in [1.82, 2.24) is 5.32 Å². The number of carbonyl (C=O) groups is 2. The van der Waals surface area contributed by atoms with Crippen LogP contribution in [0.3, 0.4) is 0 Å². The third kappa shape index (κ3) is 4.43. The molecule has 0 aliphatic rings. The van der Waals surface area contributed by atoms with E-state index in [0.717, 1.165) is 10.5 Å². The summed E-state index contributed by atoms with van der Waals surface area (Å²) in [6.45, 7) is 4.79. The summed E-state index contributed by atoms with van der Waals surface area (Å²) in [6, 6.07) is 14.4. The lowest BCUT2D eigenvalue weighted by Crippen LogP contribution is -3.09. The molecule has 0 radical (unpaired) electrons. The fourth-order valence-electron chi connectivity index (χ4n) is 2.95. The Morgan fingerprint density at radius 2 is 1.79 bits per heavy atom. The van der Waals surface area contributed by atoms with E-state index in [2.05, 4.69) is 37.4 Å². The average molecular weight is 326 g/mol. The third-order valence-corrected chi connectivity index (χ3v) is 4.10. The Hall–Kier alpha value is -2.66. The van der Waals surface area contributed by atoms with E-state index >= 15 is 0 Å². The van der Waals surface area contributed by atoms with Crippen LogP contribution in [0.25, 0.3) is 0 Å². The van der Waals surface area contributed by atoms with Crippen molar-refractivity contribution >= 4 is 11.9 Å². The number of nitrogens with two attached hydrogens (primary N) is 1. The first kappa shape index (κ1) is 17.7. The molecule has 0 spiro atoms. The molecule has 0 bridgehead atoms. The van der Waals surface area contributed by atoms with Gasteiger partial charge in [0.15, 0.2) is 6.04 Å². The Morgan fingerprint density at radius 3 is 2.38 bits per heavy atom. The van der Waals surface area contributed by atoms with Gasteiger partial charge in [0.1, 0.15) is 6.54 Å². The summed E-state index contributed by atoms with van der Waals surface area (Å²) in [6.07, 6.45) is 0. The predicted molar refractivity (Wildman–Crippen MR) is 93.4 cm³/mol. The predicted octanol–water partition coefficient (Wildman–Crippen LogP) is 1.25. The number of primary amides is 1. The minimum atomic E-state index is -0.833. The number of quaternary nitrogens is 1. The molecular formula is C19H24N3O2+. The number of nitrogens with one attached hydrogen (secondary N) is 2. The van der Waals surface area contributed by atoms with Crippen molar-refractivity contribution in [3.8, 4) is 0 Å². The highest BCUT2D eigenvalue weighted by Gasteiger charge is 2.30. The molecule has 24 heavy (non-hydrogen) atoms. The molecule has 0 aliphatic heterocycles. The van der Waals surface area contributed by atoms with Crippen LogP contribution in [-0.2, 0) is 11.3 Å². The maximum Gasteiger partial charge on any atom is 0.319 e. The van der Waals surface area contributed by atoms with Gasteiger partial charge in [0.05, 0.1) is 7.05 Å². The van der Waals surface area contributed by atoms with Crippen molar-refractivity contribution in [2.24, 2.45) is 5.73 Å². The number of urea groups is 1. The normalized spacial score (nSPS) is 13.1. The zero-order chi connectivity index (χ0) is 17.7. The van der Waals surface area contributed by atoms with Crippen molar-refractivity contribution in [3.05, 3.63) is 70.8 Å². The van der Waals surface area contributed by atoms with E-state index in [1.54, 1.807) is 0 Å². The van der Waals surface area contributed by atoms with Crippen LogP contribution in [0.1, 0.15) is 28.3 Å². The summed E-state index contributed by atoms with van der Waals surface area (Å²) in [5, 5.41) is 2.21. The van der Waals surface area contributed by atoms with Crippen LogP contribution in [0.5, 0.6) is 0 Å². The molecule has 0 aliphatic carbocycles.